The van der Waals surface area contributed by atoms with Crippen LogP contribution < -0.4 is 11.1 Å². The van der Waals surface area contributed by atoms with Gasteiger partial charge >= 0.3 is 0 Å². The quantitative estimate of drug-likeness (QED) is 0.737. The number of benzene rings is 2. The van der Waals surface area contributed by atoms with E-state index in [0.29, 0.717) is 17.8 Å². The number of rotatable bonds is 3. The third-order valence-corrected chi connectivity index (χ3v) is 2.88. The molecule has 0 atom stereocenters. The molecule has 2 aromatic carbocycles. The summed E-state index contributed by atoms with van der Waals surface area (Å²) in [5.74, 6) is -0.102. The van der Waals surface area contributed by atoms with Gasteiger partial charge in [0.1, 0.15) is 5.75 Å². The van der Waals surface area contributed by atoms with Crippen LogP contribution >= 0.6 is 0 Å². The lowest BCUT2D eigenvalue weighted by atomic mass is 10.1. The molecule has 4 nitrogen and oxygen atoms in total. The smallest absolute Gasteiger partial charge is 0.251 e. The maximum atomic E-state index is 11.9. The van der Waals surface area contributed by atoms with E-state index in [1.54, 1.807) is 25.1 Å². The molecule has 0 bridgehead atoms. The van der Waals surface area contributed by atoms with Gasteiger partial charge in [-0.15, -0.1) is 0 Å². The minimum absolute atomic E-state index is 0.122. The summed E-state index contributed by atoms with van der Waals surface area (Å²) in [4.78, 5) is 11.9. The lowest BCUT2D eigenvalue weighted by molar-refractivity contribution is 0.0950. The Labute approximate surface area is 111 Å². The highest BCUT2D eigenvalue weighted by molar-refractivity contribution is 5.94. The predicted octanol–water partition coefficient (Wildman–Crippen LogP) is 2.21. The minimum Gasteiger partial charge on any atom is -0.508 e. The second-order valence-corrected chi connectivity index (χ2v) is 4.43. The number of amides is 1. The Morgan fingerprint density at radius 1 is 1.26 bits per heavy atom. The number of carbonyl (C=O) groups excluding carboxylic acids is 1. The van der Waals surface area contributed by atoms with Gasteiger partial charge < -0.3 is 16.2 Å². The molecule has 0 spiro atoms. The van der Waals surface area contributed by atoms with Crippen molar-refractivity contribution in [1.29, 1.82) is 0 Å². The van der Waals surface area contributed by atoms with Gasteiger partial charge in [-0.25, -0.2) is 0 Å². The highest BCUT2D eigenvalue weighted by Gasteiger charge is 2.07. The van der Waals surface area contributed by atoms with Crippen molar-refractivity contribution in [2.45, 2.75) is 13.5 Å². The number of nitrogens with two attached hydrogens (primary N) is 1. The van der Waals surface area contributed by atoms with Crippen LogP contribution in [0.2, 0.25) is 0 Å². The van der Waals surface area contributed by atoms with Crippen LogP contribution in [-0.4, -0.2) is 11.0 Å². The maximum absolute atomic E-state index is 11.9. The van der Waals surface area contributed by atoms with Crippen molar-refractivity contribution >= 4 is 11.6 Å². The number of phenols is 1. The fraction of sp³-hybridized carbons (Fsp3) is 0.133. The van der Waals surface area contributed by atoms with E-state index in [4.69, 9.17) is 5.73 Å². The van der Waals surface area contributed by atoms with E-state index in [1.807, 2.05) is 18.2 Å². The first-order valence-corrected chi connectivity index (χ1v) is 5.98. The molecule has 98 valence electrons. The average molecular weight is 256 g/mol. The fourth-order valence-electron chi connectivity index (χ4n) is 1.74. The van der Waals surface area contributed by atoms with Gasteiger partial charge in [0.15, 0.2) is 0 Å². The number of hydrogen-bond acceptors (Lipinski definition) is 3. The number of phenolic OH excluding ortho intramolecular Hbond substituents is 1. The average Bonchev–Trinajstić information content (AvgIpc) is 2.39. The Kier molecular flexibility index (Phi) is 3.71. The maximum Gasteiger partial charge on any atom is 0.251 e. The summed E-state index contributed by atoms with van der Waals surface area (Å²) < 4.78 is 0. The SMILES string of the molecule is Cc1ccc(C(=O)NCc2cccc(N)c2)cc1O. The van der Waals surface area contributed by atoms with Gasteiger partial charge in [-0.1, -0.05) is 18.2 Å². The van der Waals surface area contributed by atoms with Crippen LogP contribution in [0.4, 0.5) is 5.69 Å². The van der Waals surface area contributed by atoms with Crippen molar-refractivity contribution in [3.8, 4) is 5.75 Å². The summed E-state index contributed by atoms with van der Waals surface area (Å²) in [5.41, 5.74) is 8.45. The van der Waals surface area contributed by atoms with Gasteiger partial charge in [0, 0.05) is 17.8 Å². The van der Waals surface area contributed by atoms with Gasteiger partial charge in [0.25, 0.3) is 5.91 Å². The molecule has 0 aliphatic rings. The number of aromatic hydroxyl groups is 1. The molecular weight excluding hydrogens is 240 g/mol. The van der Waals surface area contributed by atoms with Crippen molar-refractivity contribution in [3.05, 3.63) is 59.2 Å². The number of nitrogen functional groups attached to an aromatic ring is 1. The van der Waals surface area contributed by atoms with E-state index in [9.17, 15) is 9.90 Å². The second kappa shape index (κ2) is 5.44. The number of aryl methyl sites for hydroxylation is 1. The molecule has 2 rings (SSSR count). The molecule has 0 saturated heterocycles. The van der Waals surface area contributed by atoms with Crippen molar-refractivity contribution in [3.63, 3.8) is 0 Å². The normalized spacial score (nSPS) is 10.2. The summed E-state index contributed by atoms with van der Waals surface area (Å²) in [6, 6.07) is 12.2. The second-order valence-electron chi connectivity index (χ2n) is 4.43. The van der Waals surface area contributed by atoms with Crippen molar-refractivity contribution in [2.24, 2.45) is 0 Å². The van der Waals surface area contributed by atoms with E-state index < -0.39 is 0 Å². The zero-order chi connectivity index (χ0) is 13.8. The first-order valence-electron chi connectivity index (χ1n) is 5.98. The highest BCUT2D eigenvalue weighted by Crippen LogP contribution is 2.17. The Morgan fingerprint density at radius 2 is 2.05 bits per heavy atom. The molecule has 0 radical (unpaired) electrons. The zero-order valence-electron chi connectivity index (χ0n) is 10.7. The molecule has 19 heavy (non-hydrogen) atoms. The largest absolute Gasteiger partial charge is 0.508 e. The molecule has 0 saturated carbocycles. The van der Waals surface area contributed by atoms with Crippen LogP contribution in [0.3, 0.4) is 0 Å². The molecule has 4 heteroatoms. The Morgan fingerprint density at radius 3 is 2.74 bits per heavy atom. The van der Waals surface area contributed by atoms with E-state index in [0.717, 1.165) is 11.1 Å². The molecular formula is C15H16N2O2. The van der Waals surface area contributed by atoms with Gasteiger partial charge in [-0.3, -0.25) is 4.79 Å². The van der Waals surface area contributed by atoms with E-state index in [1.165, 1.54) is 6.07 Å². The van der Waals surface area contributed by atoms with Gasteiger partial charge in [-0.2, -0.15) is 0 Å². The van der Waals surface area contributed by atoms with Gasteiger partial charge in [0.05, 0.1) is 0 Å². The standard InChI is InChI=1S/C15H16N2O2/c1-10-5-6-12(8-14(10)18)15(19)17-9-11-3-2-4-13(16)7-11/h2-8,18H,9,16H2,1H3,(H,17,19). The molecule has 4 N–H and O–H groups in total. The molecule has 0 aliphatic carbocycles. The van der Waals surface area contributed by atoms with Crippen LogP contribution in [-0.2, 0) is 6.54 Å². The Bertz CT molecular complexity index is 609. The van der Waals surface area contributed by atoms with Gasteiger partial charge in [0.2, 0.25) is 0 Å². The first kappa shape index (κ1) is 13.0. The third kappa shape index (κ3) is 3.25. The Balaban J connectivity index is 2.03. The molecule has 0 heterocycles. The van der Waals surface area contributed by atoms with Crippen LogP contribution in [0.25, 0.3) is 0 Å². The molecule has 0 aliphatic heterocycles. The fourth-order valence-corrected chi connectivity index (χ4v) is 1.74. The summed E-state index contributed by atoms with van der Waals surface area (Å²) >= 11 is 0. The molecule has 0 unspecified atom stereocenters. The summed E-state index contributed by atoms with van der Waals surface area (Å²) in [6.07, 6.45) is 0. The van der Waals surface area contributed by atoms with Crippen molar-refractivity contribution in [2.75, 3.05) is 5.73 Å². The van der Waals surface area contributed by atoms with Gasteiger partial charge in [-0.05, 0) is 42.3 Å². The van der Waals surface area contributed by atoms with E-state index in [-0.39, 0.29) is 11.7 Å². The third-order valence-electron chi connectivity index (χ3n) is 2.88. The highest BCUT2D eigenvalue weighted by atomic mass is 16.3. The number of hydrogen-bond donors (Lipinski definition) is 3. The van der Waals surface area contributed by atoms with Crippen LogP contribution in [0.5, 0.6) is 5.75 Å². The van der Waals surface area contributed by atoms with Crippen molar-refractivity contribution < 1.29 is 9.90 Å². The summed E-state index contributed by atoms with van der Waals surface area (Å²) in [5, 5.41) is 12.4. The molecule has 1 amide bonds. The monoisotopic (exact) mass is 256 g/mol. The molecule has 0 aromatic heterocycles. The van der Waals surface area contributed by atoms with E-state index in [2.05, 4.69) is 5.32 Å². The zero-order valence-corrected chi connectivity index (χ0v) is 10.7. The topological polar surface area (TPSA) is 75.4 Å². The number of nitrogens with one attached hydrogen (secondary N) is 1. The summed E-state index contributed by atoms with van der Waals surface area (Å²) in [7, 11) is 0. The van der Waals surface area contributed by atoms with Crippen LogP contribution in [0.15, 0.2) is 42.5 Å². The van der Waals surface area contributed by atoms with Crippen molar-refractivity contribution in [1.82, 2.24) is 5.32 Å². The minimum atomic E-state index is -0.224. The number of carbonyl (C=O) groups is 1. The van der Waals surface area contributed by atoms with Crippen LogP contribution in [0.1, 0.15) is 21.5 Å². The number of anilines is 1. The molecule has 0 fully saturated rings. The van der Waals surface area contributed by atoms with E-state index >= 15 is 0 Å². The first-order chi connectivity index (χ1) is 9.06. The molecule has 2 aromatic rings. The lowest BCUT2D eigenvalue weighted by Crippen LogP contribution is -2.22. The van der Waals surface area contributed by atoms with Crippen LogP contribution in [0, 0.1) is 6.92 Å². The predicted molar refractivity (Wildman–Crippen MR) is 74.9 cm³/mol. The summed E-state index contributed by atoms with van der Waals surface area (Å²) in [6.45, 7) is 2.18. The Hall–Kier alpha value is -2.49. The lowest BCUT2D eigenvalue weighted by Gasteiger charge is -2.07.